The van der Waals surface area contributed by atoms with Gasteiger partial charge in [-0.25, -0.2) is 9.97 Å². The number of hydrogen-bond acceptors (Lipinski definition) is 7. The number of benzene rings is 2. The second-order valence-corrected chi connectivity index (χ2v) is 9.00. The van der Waals surface area contributed by atoms with Gasteiger partial charge in [-0.15, -0.1) is 0 Å². The van der Waals surface area contributed by atoms with E-state index >= 15 is 0 Å². The fourth-order valence-corrected chi connectivity index (χ4v) is 4.73. The zero-order valence-electron chi connectivity index (χ0n) is 19.1. The van der Waals surface area contributed by atoms with Gasteiger partial charge in [0, 0.05) is 36.4 Å². The van der Waals surface area contributed by atoms with Gasteiger partial charge in [-0.2, -0.15) is 0 Å². The van der Waals surface area contributed by atoms with Crippen LogP contribution in [0.4, 0.5) is 11.5 Å². The average Bonchev–Trinajstić information content (AvgIpc) is 2.86. The first-order chi connectivity index (χ1) is 16.1. The third-order valence-corrected chi connectivity index (χ3v) is 6.63. The standard InChI is InChI=1S/C25H28N4O3S/c1-17-6-9-20(10-7-17)33-25-23(26-12-13-27-25)29-14-4-5-18(16-29)24(30)28-21-11-8-19(31-2)15-22(21)32-3/h6-13,15,18H,4-5,14,16H2,1-3H3,(H,28,30)/t18-/m1/s1. The molecule has 1 aliphatic heterocycles. The zero-order valence-corrected chi connectivity index (χ0v) is 19.9. The molecule has 3 aromatic rings. The van der Waals surface area contributed by atoms with E-state index in [4.69, 9.17) is 9.47 Å². The van der Waals surface area contributed by atoms with Gasteiger partial charge >= 0.3 is 0 Å². The summed E-state index contributed by atoms with van der Waals surface area (Å²) < 4.78 is 10.7. The number of nitrogens with one attached hydrogen (secondary N) is 1. The number of nitrogens with zero attached hydrogens (tertiary/aromatic N) is 3. The van der Waals surface area contributed by atoms with E-state index in [-0.39, 0.29) is 11.8 Å². The molecule has 1 fully saturated rings. The molecule has 1 aromatic heterocycles. The third-order valence-electron chi connectivity index (χ3n) is 5.64. The molecule has 1 aliphatic rings. The summed E-state index contributed by atoms with van der Waals surface area (Å²) in [4.78, 5) is 25.6. The highest BCUT2D eigenvalue weighted by atomic mass is 32.2. The van der Waals surface area contributed by atoms with Crippen LogP contribution in [0.1, 0.15) is 18.4 Å². The fraction of sp³-hybridized carbons (Fsp3) is 0.320. The number of carbonyl (C=O) groups is 1. The minimum absolute atomic E-state index is 0.0280. The molecule has 1 N–H and O–H groups in total. The number of anilines is 2. The molecular formula is C25H28N4O3S. The summed E-state index contributed by atoms with van der Waals surface area (Å²) in [6.07, 6.45) is 5.15. The molecule has 7 nitrogen and oxygen atoms in total. The summed E-state index contributed by atoms with van der Waals surface area (Å²) in [6.45, 7) is 3.50. The maximum absolute atomic E-state index is 13.1. The van der Waals surface area contributed by atoms with Crippen LogP contribution < -0.4 is 19.7 Å². The van der Waals surface area contributed by atoms with E-state index in [1.807, 2.05) is 0 Å². The van der Waals surface area contributed by atoms with E-state index < -0.39 is 0 Å². The van der Waals surface area contributed by atoms with E-state index in [0.717, 1.165) is 35.1 Å². The van der Waals surface area contributed by atoms with Gasteiger partial charge < -0.3 is 19.7 Å². The van der Waals surface area contributed by atoms with Crippen LogP contribution in [0.2, 0.25) is 0 Å². The molecule has 172 valence electrons. The largest absolute Gasteiger partial charge is 0.497 e. The molecule has 0 bridgehead atoms. The minimum atomic E-state index is -0.162. The average molecular weight is 465 g/mol. The zero-order chi connectivity index (χ0) is 23.2. The highest BCUT2D eigenvalue weighted by Crippen LogP contribution is 2.35. The molecule has 2 heterocycles. The number of amides is 1. The highest BCUT2D eigenvalue weighted by Gasteiger charge is 2.28. The lowest BCUT2D eigenvalue weighted by Gasteiger charge is -2.33. The second-order valence-electron chi connectivity index (χ2n) is 7.94. The topological polar surface area (TPSA) is 76.6 Å². The minimum Gasteiger partial charge on any atom is -0.497 e. The Morgan fingerprint density at radius 1 is 1.09 bits per heavy atom. The Hall–Kier alpha value is -3.26. The van der Waals surface area contributed by atoms with Crippen molar-refractivity contribution in [3.8, 4) is 11.5 Å². The first kappa shape index (κ1) is 22.9. The van der Waals surface area contributed by atoms with Crippen LogP contribution >= 0.6 is 11.8 Å². The predicted molar refractivity (Wildman–Crippen MR) is 130 cm³/mol. The van der Waals surface area contributed by atoms with Crippen molar-refractivity contribution in [2.45, 2.75) is 29.7 Å². The second kappa shape index (κ2) is 10.6. The number of aryl methyl sites for hydroxylation is 1. The van der Waals surface area contributed by atoms with Crippen molar-refractivity contribution in [1.82, 2.24) is 9.97 Å². The summed E-state index contributed by atoms with van der Waals surface area (Å²) in [5.41, 5.74) is 1.85. The smallest absolute Gasteiger partial charge is 0.229 e. The SMILES string of the molecule is COc1ccc(NC(=O)[C@@H]2CCCN(c3nccnc3Sc3ccc(C)cc3)C2)c(OC)c1. The number of hydrogen-bond donors (Lipinski definition) is 1. The van der Waals surface area contributed by atoms with Crippen molar-refractivity contribution >= 4 is 29.2 Å². The van der Waals surface area contributed by atoms with Crippen molar-refractivity contribution in [3.63, 3.8) is 0 Å². The molecule has 1 atom stereocenters. The molecule has 0 radical (unpaired) electrons. The molecule has 0 aliphatic carbocycles. The Kier molecular flexibility index (Phi) is 7.34. The number of piperidine rings is 1. The van der Waals surface area contributed by atoms with Gasteiger partial charge in [0.2, 0.25) is 5.91 Å². The molecule has 0 saturated carbocycles. The molecule has 33 heavy (non-hydrogen) atoms. The molecule has 4 rings (SSSR count). The Morgan fingerprint density at radius 2 is 1.88 bits per heavy atom. The van der Waals surface area contributed by atoms with Gasteiger partial charge in [-0.1, -0.05) is 29.5 Å². The van der Waals surface area contributed by atoms with Crippen LogP contribution in [-0.4, -0.2) is 43.2 Å². The number of rotatable bonds is 7. The maximum Gasteiger partial charge on any atom is 0.229 e. The third kappa shape index (κ3) is 5.57. The summed E-state index contributed by atoms with van der Waals surface area (Å²) in [5.74, 6) is 1.88. The van der Waals surface area contributed by atoms with Crippen LogP contribution in [0, 0.1) is 12.8 Å². The quantitative estimate of drug-likeness (QED) is 0.538. The Bertz CT molecular complexity index is 1110. The molecule has 1 saturated heterocycles. The molecule has 0 unspecified atom stereocenters. The summed E-state index contributed by atoms with van der Waals surface area (Å²) >= 11 is 1.59. The van der Waals surface area contributed by atoms with Crippen molar-refractivity contribution in [3.05, 3.63) is 60.4 Å². The van der Waals surface area contributed by atoms with E-state index in [1.165, 1.54) is 5.56 Å². The lowest BCUT2D eigenvalue weighted by molar-refractivity contribution is -0.120. The molecule has 8 heteroatoms. The normalized spacial score (nSPS) is 15.7. The lowest BCUT2D eigenvalue weighted by atomic mass is 9.97. The first-order valence-corrected chi connectivity index (χ1v) is 11.7. The van der Waals surface area contributed by atoms with Gasteiger partial charge in [0.25, 0.3) is 0 Å². The van der Waals surface area contributed by atoms with Gasteiger partial charge in [0.15, 0.2) is 5.82 Å². The molecule has 0 spiro atoms. The number of ether oxygens (including phenoxy) is 2. The van der Waals surface area contributed by atoms with Crippen LogP contribution in [-0.2, 0) is 4.79 Å². The van der Waals surface area contributed by atoms with E-state index in [0.29, 0.717) is 23.7 Å². The van der Waals surface area contributed by atoms with E-state index in [1.54, 1.807) is 56.6 Å². The summed E-state index contributed by atoms with van der Waals surface area (Å²) in [5, 5.41) is 3.87. The van der Waals surface area contributed by atoms with Crippen LogP contribution in [0.25, 0.3) is 0 Å². The molecule has 2 aromatic carbocycles. The van der Waals surface area contributed by atoms with Gasteiger partial charge in [-0.05, 0) is 44.0 Å². The number of methoxy groups -OCH3 is 2. The van der Waals surface area contributed by atoms with Gasteiger partial charge in [-0.3, -0.25) is 4.79 Å². The number of carbonyl (C=O) groups excluding carboxylic acids is 1. The Balaban J connectivity index is 1.48. The first-order valence-electron chi connectivity index (χ1n) is 10.9. The van der Waals surface area contributed by atoms with E-state index in [2.05, 4.69) is 51.4 Å². The van der Waals surface area contributed by atoms with Crippen molar-refractivity contribution < 1.29 is 14.3 Å². The predicted octanol–water partition coefficient (Wildman–Crippen LogP) is 4.81. The van der Waals surface area contributed by atoms with Crippen molar-refractivity contribution in [2.24, 2.45) is 5.92 Å². The maximum atomic E-state index is 13.1. The summed E-state index contributed by atoms with van der Waals surface area (Å²) in [7, 11) is 3.18. The van der Waals surface area contributed by atoms with Crippen molar-refractivity contribution in [2.75, 3.05) is 37.5 Å². The van der Waals surface area contributed by atoms with Gasteiger partial charge in [0.05, 0.1) is 25.8 Å². The Labute approximate surface area is 198 Å². The van der Waals surface area contributed by atoms with E-state index in [9.17, 15) is 4.79 Å². The summed E-state index contributed by atoms with van der Waals surface area (Å²) in [6, 6.07) is 13.7. The van der Waals surface area contributed by atoms with Crippen LogP contribution in [0.15, 0.2) is 64.8 Å². The monoisotopic (exact) mass is 464 g/mol. The highest BCUT2D eigenvalue weighted by molar-refractivity contribution is 7.99. The lowest BCUT2D eigenvalue weighted by Crippen LogP contribution is -2.41. The van der Waals surface area contributed by atoms with Crippen molar-refractivity contribution in [1.29, 1.82) is 0 Å². The molecular weight excluding hydrogens is 436 g/mol. The Morgan fingerprint density at radius 3 is 2.64 bits per heavy atom. The molecule has 1 amide bonds. The van der Waals surface area contributed by atoms with Crippen LogP contribution in [0.5, 0.6) is 11.5 Å². The fourth-order valence-electron chi connectivity index (χ4n) is 3.84. The number of aromatic nitrogens is 2. The van der Waals surface area contributed by atoms with Crippen LogP contribution in [0.3, 0.4) is 0 Å². The van der Waals surface area contributed by atoms with Gasteiger partial charge in [0.1, 0.15) is 16.5 Å².